The summed E-state index contributed by atoms with van der Waals surface area (Å²) in [5, 5.41) is 4.22. The van der Waals surface area contributed by atoms with Crippen molar-refractivity contribution in [1.29, 1.82) is 0 Å². The Balaban J connectivity index is 2.19. The smallest absolute Gasteiger partial charge is 0.186 e. The van der Waals surface area contributed by atoms with Crippen molar-refractivity contribution in [2.75, 3.05) is 13.7 Å². The maximum absolute atomic E-state index is 13.2. The van der Waals surface area contributed by atoms with Crippen molar-refractivity contribution >= 4 is 17.4 Å². The number of Topliss-reactive ketones (excluding diaryl/α,β-unsaturated/α-hetero) is 1. The summed E-state index contributed by atoms with van der Waals surface area (Å²) >= 11 is 5.96. The van der Waals surface area contributed by atoms with E-state index < -0.39 is 11.6 Å². The molecule has 0 N–H and O–H groups in total. The van der Waals surface area contributed by atoms with Crippen LogP contribution in [0.15, 0.2) is 24.4 Å². The van der Waals surface area contributed by atoms with Crippen LogP contribution in [-0.4, -0.2) is 29.3 Å². The first kappa shape index (κ1) is 15.6. The second kappa shape index (κ2) is 6.78. The molecule has 0 aliphatic heterocycles. The highest BCUT2D eigenvalue weighted by molar-refractivity contribution is 6.33. The van der Waals surface area contributed by atoms with Crippen LogP contribution in [0.3, 0.4) is 0 Å². The van der Waals surface area contributed by atoms with Crippen molar-refractivity contribution in [2.45, 2.75) is 13.0 Å². The molecular weight excluding hydrogens is 302 g/mol. The number of methoxy groups -OCH3 is 1. The van der Waals surface area contributed by atoms with Gasteiger partial charge < -0.3 is 4.74 Å². The van der Waals surface area contributed by atoms with Gasteiger partial charge in [-0.2, -0.15) is 5.10 Å². The molecule has 0 atom stereocenters. The molecule has 0 bridgehead atoms. The van der Waals surface area contributed by atoms with Crippen molar-refractivity contribution < 1.29 is 18.3 Å². The average Bonchev–Trinajstić information content (AvgIpc) is 2.81. The number of carbonyl (C=O) groups excluding carboxylic acids is 1. The number of hydrogen-bond donors (Lipinski definition) is 0. The molecule has 0 saturated carbocycles. The molecule has 4 nitrogen and oxygen atoms in total. The molecule has 0 aliphatic carbocycles. The third-order valence-corrected chi connectivity index (χ3v) is 3.19. The molecule has 0 spiro atoms. The van der Waals surface area contributed by atoms with Gasteiger partial charge in [0, 0.05) is 13.5 Å². The summed E-state index contributed by atoms with van der Waals surface area (Å²) in [4.78, 5) is 12.3. The SMILES string of the molecule is COCCn1ncc(Cl)c1C(=O)Cc1ccc(F)c(F)c1. The van der Waals surface area contributed by atoms with E-state index >= 15 is 0 Å². The van der Waals surface area contributed by atoms with Crippen LogP contribution >= 0.6 is 11.6 Å². The minimum Gasteiger partial charge on any atom is -0.383 e. The van der Waals surface area contributed by atoms with Gasteiger partial charge in [0.2, 0.25) is 0 Å². The summed E-state index contributed by atoms with van der Waals surface area (Å²) in [6.07, 6.45) is 1.28. The van der Waals surface area contributed by atoms with Crippen LogP contribution in [0.25, 0.3) is 0 Å². The molecular formula is C14H13ClF2N2O2. The Morgan fingerprint density at radius 1 is 1.38 bits per heavy atom. The highest BCUT2D eigenvalue weighted by atomic mass is 35.5. The van der Waals surface area contributed by atoms with E-state index in [4.69, 9.17) is 16.3 Å². The summed E-state index contributed by atoms with van der Waals surface area (Å²) in [7, 11) is 1.54. The highest BCUT2D eigenvalue weighted by Gasteiger charge is 2.18. The van der Waals surface area contributed by atoms with E-state index in [0.717, 1.165) is 12.1 Å². The monoisotopic (exact) mass is 314 g/mol. The van der Waals surface area contributed by atoms with Crippen LogP contribution in [0.2, 0.25) is 5.02 Å². The lowest BCUT2D eigenvalue weighted by Gasteiger charge is -2.07. The first-order chi connectivity index (χ1) is 10.0. The predicted molar refractivity (Wildman–Crippen MR) is 73.5 cm³/mol. The molecule has 21 heavy (non-hydrogen) atoms. The number of halogens is 3. The molecule has 1 aromatic carbocycles. The normalized spacial score (nSPS) is 10.9. The number of ketones is 1. The fraction of sp³-hybridized carbons (Fsp3) is 0.286. The van der Waals surface area contributed by atoms with Crippen LogP contribution in [0.1, 0.15) is 16.1 Å². The number of benzene rings is 1. The quantitative estimate of drug-likeness (QED) is 0.770. The van der Waals surface area contributed by atoms with Gasteiger partial charge in [-0.3, -0.25) is 9.48 Å². The van der Waals surface area contributed by atoms with E-state index in [0.29, 0.717) is 18.7 Å². The molecule has 2 rings (SSSR count). The fourth-order valence-corrected chi connectivity index (χ4v) is 2.15. The van der Waals surface area contributed by atoms with E-state index in [9.17, 15) is 13.6 Å². The largest absolute Gasteiger partial charge is 0.383 e. The Hall–Kier alpha value is -1.79. The first-order valence-electron chi connectivity index (χ1n) is 6.20. The van der Waals surface area contributed by atoms with E-state index in [1.54, 1.807) is 0 Å². The predicted octanol–water partition coefficient (Wildman–Crippen LogP) is 2.89. The first-order valence-corrected chi connectivity index (χ1v) is 6.58. The van der Waals surface area contributed by atoms with Gasteiger partial charge in [-0.05, 0) is 17.7 Å². The maximum Gasteiger partial charge on any atom is 0.186 e. The Morgan fingerprint density at radius 2 is 2.14 bits per heavy atom. The zero-order valence-electron chi connectivity index (χ0n) is 11.3. The van der Waals surface area contributed by atoms with Crippen LogP contribution < -0.4 is 0 Å². The Labute approximate surface area is 125 Å². The lowest BCUT2D eigenvalue weighted by molar-refractivity contribution is 0.0979. The molecule has 0 saturated heterocycles. The number of rotatable bonds is 6. The molecule has 1 heterocycles. The third kappa shape index (κ3) is 3.65. The van der Waals surface area contributed by atoms with Crippen LogP contribution in [0.4, 0.5) is 8.78 Å². The summed E-state index contributed by atoms with van der Waals surface area (Å²) in [6.45, 7) is 0.755. The van der Waals surface area contributed by atoms with Gasteiger partial charge in [0.05, 0.1) is 24.4 Å². The van der Waals surface area contributed by atoms with E-state index in [1.165, 1.54) is 24.1 Å². The molecule has 0 radical (unpaired) electrons. The summed E-state index contributed by atoms with van der Waals surface area (Å²) in [5.41, 5.74) is 0.605. The zero-order chi connectivity index (χ0) is 15.4. The number of hydrogen-bond acceptors (Lipinski definition) is 3. The Bertz CT molecular complexity index is 658. The summed E-state index contributed by atoms with van der Waals surface area (Å²) < 4.78 is 32.4. The van der Waals surface area contributed by atoms with Crippen LogP contribution in [-0.2, 0) is 17.7 Å². The molecule has 112 valence electrons. The van der Waals surface area contributed by atoms with E-state index in [1.807, 2.05) is 0 Å². The molecule has 0 unspecified atom stereocenters. The minimum absolute atomic E-state index is 0.0877. The van der Waals surface area contributed by atoms with Gasteiger partial charge in [0.1, 0.15) is 5.69 Å². The average molecular weight is 315 g/mol. The summed E-state index contributed by atoms with van der Waals surface area (Å²) in [6, 6.07) is 3.35. The van der Waals surface area contributed by atoms with Gasteiger partial charge in [-0.15, -0.1) is 0 Å². The number of carbonyl (C=O) groups is 1. The highest BCUT2D eigenvalue weighted by Crippen LogP contribution is 2.18. The number of aromatic nitrogens is 2. The van der Waals surface area contributed by atoms with Gasteiger partial charge in [0.15, 0.2) is 17.4 Å². The Morgan fingerprint density at radius 3 is 2.81 bits per heavy atom. The molecule has 0 fully saturated rings. The number of nitrogens with zero attached hydrogens (tertiary/aromatic N) is 2. The molecule has 1 aromatic heterocycles. The van der Waals surface area contributed by atoms with Crippen molar-refractivity contribution in [3.05, 3.63) is 52.3 Å². The molecule has 0 aliphatic rings. The third-order valence-electron chi connectivity index (χ3n) is 2.91. The molecule has 7 heteroatoms. The second-order valence-corrected chi connectivity index (χ2v) is 4.81. The van der Waals surface area contributed by atoms with Gasteiger partial charge in [0.25, 0.3) is 0 Å². The lowest BCUT2D eigenvalue weighted by Crippen LogP contribution is -2.15. The van der Waals surface area contributed by atoms with Crippen molar-refractivity contribution in [1.82, 2.24) is 9.78 Å². The standard InChI is InChI=1S/C14H13ClF2N2O2/c1-21-5-4-19-14(10(15)8-18-19)13(20)7-9-2-3-11(16)12(17)6-9/h2-3,6,8H,4-5,7H2,1H3. The number of ether oxygens (including phenoxy) is 1. The van der Waals surface area contributed by atoms with Crippen LogP contribution in [0, 0.1) is 11.6 Å². The van der Waals surface area contributed by atoms with Gasteiger partial charge in [-0.25, -0.2) is 8.78 Å². The van der Waals surface area contributed by atoms with Crippen LogP contribution in [0.5, 0.6) is 0 Å². The molecule has 2 aromatic rings. The van der Waals surface area contributed by atoms with E-state index in [-0.39, 0.29) is 22.9 Å². The molecule has 0 amide bonds. The lowest BCUT2D eigenvalue weighted by atomic mass is 10.1. The van der Waals surface area contributed by atoms with Crippen molar-refractivity contribution in [3.63, 3.8) is 0 Å². The zero-order valence-corrected chi connectivity index (χ0v) is 12.0. The Kier molecular flexibility index (Phi) is 5.03. The van der Waals surface area contributed by atoms with Crippen molar-refractivity contribution in [3.8, 4) is 0 Å². The minimum atomic E-state index is -0.987. The topological polar surface area (TPSA) is 44.1 Å². The fourth-order valence-electron chi connectivity index (χ4n) is 1.91. The second-order valence-electron chi connectivity index (χ2n) is 4.41. The van der Waals surface area contributed by atoms with Gasteiger partial charge in [-0.1, -0.05) is 17.7 Å². The van der Waals surface area contributed by atoms with E-state index in [2.05, 4.69) is 5.10 Å². The van der Waals surface area contributed by atoms with Gasteiger partial charge >= 0.3 is 0 Å². The maximum atomic E-state index is 13.2. The van der Waals surface area contributed by atoms with Crippen molar-refractivity contribution in [2.24, 2.45) is 0 Å². The summed E-state index contributed by atoms with van der Waals surface area (Å²) in [5.74, 6) is -2.26.